The van der Waals surface area contributed by atoms with Crippen molar-refractivity contribution >= 4 is 0 Å². The molecule has 104 valence electrons. The van der Waals surface area contributed by atoms with E-state index in [1.54, 1.807) is 7.11 Å². The van der Waals surface area contributed by atoms with Gasteiger partial charge in [0.2, 0.25) is 0 Å². The fraction of sp³-hybridized carbons (Fsp3) is 0.647. The largest absolute Gasteiger partial charge is 0.497 e. The summed E-state index contributed by atoms with van der Waals surface area (Å²) in [5.41, 5.74) is 2.91. The predicted octanol–water partition coefficient (Wildman–Crippen LogP) is 3.77. The standard InChI is InChI=1S/C17H24O2/c1-19-14-7-8-16(17(12-18)9-10-17)15(11-14)13-5-3-2-4-6-13/h7-8,11,13,18H,2-6,9-10,12H2,1H3. The average Bonchev–Trinajstić information content (AvgIpc) is 3.28. The fourth-order valence-corrected chi connectivity index (χ4v) is 3.57. The lowest BCUT2D eigenvalue weighted by Gasteiger charge is -2.27. The number of hydrogen-bond donors (Lipinski definition) is 1. The van der Waals surface area contributed by atoms with Crippen molar-refractivity contribution in [1.82, 2.24) is 0 Å². The highest BCUT2D eigenvalue weighted by atomic mass is 16.5. The topological polar surface area (TPSA) is 29.5 Å². The van der Waals surface area contributed by atoms with Gasteiger partial charge in [-0.15, -0.1) is 0 Å². The lowest BCUT2D eigenvalue weighted by Crippen LogP contribution is -2.17. The van der Waals surface area contributed by atoms with Crippen LogP contribution in [0.3, 0.4) is 0 Å². The molecule has 19 heavy (non-hydrogen) atoms. The summed E-state index contributed by atoms with van der Waals surface area (Å²) < 4.78 is 5.40. The van der Waals surface area contributed by atoms with E-state index in [0.29, 0.717) is 12.5 Å². The Labute approximate surface area is 115 Å². The van der Waals surface area contributed by atoms with Crippen LogP contribution >= 0.6 is 0 Å². The van der Waals surface area contributed by atoms with E-state index in [1.807, 2.05) is 0 Å². The maximum Gasteiger partial charge on any atom is 0.119 e. The molecule has 0 amide bonds. The summed E-state index contributed by atoms with van der Waals surface area (Å²) in [5, 5.41) is 9.73. The number of aliphatic hydroxyl groups excluding tert-OH is 1. The second-order valence-corrected chi connectivity index (χ2v) is 6.23. The Kier molecular flexibility index (Phi) is 3.53. The molecule has 1 N–H and O–H groups in total. The summed E-state index contributed by atoms with van der Waals surface area (Å²) in [4.78, 5) is 0. The SMILES string of the molecule is COc1ccc(C2(CO)CC2)c(C2CCCCC2)c1. The van der Waals surface area contributed by atoms with E-state index in [1.165, 1.54) is 43.2 Å². The van der Waals surface area contributed by atoms with E-state index >= 15 is 0 Å². The molecule has 0 heterocycles. The van der Waals surface area contributed by atoms with E-state index in [0.717, 1.165) is 18.6 Å². The van der Waals surface area contributed by atoms with E-state index in [2.05, 4.69) is 18.2 Å². The highest BCUT2D eigenvalue weighted by Crippen LogP contribution is 2.51. The molecule has 2 aliphatic rings. The van der Waals surface area contributed by atoms with Crippen molar-refractivity contribution in [2.45, 2.75) is 56.3 Å². The summed E-state index contributed by atoms with van der Waals surface area (Å²) in [5.74, 6) is 1.63. The zero-order valence-corrected chi connectivity index (χ0v) is 11.8. The van der Waals surface area contributed by atoms with Gasteiger partial charge in [-0.3, -0.25) is 0 Å². The van der Waals surface area contributed by atoms with Gasteiger partial charge in [0.05, 0.1) is 13.7 Å². The Morgan fingerprint density at radius 1 is 1.21 bits per heavy atom. The normalized spacial score (nSPS) is 22.2. The monoisotopic (exact) mass is 260 g/mol. The molecule has 0 bridgehead atoms. The van der Waals surface area contributed by atoms with Crippen LogP contribution in [-0.2, 0) is 5.41 Å². The zero-order valence-electron chi connectivity index (χ0n) is 11.8. The summed E-state index contributed by atoms with van der Waals surface area (Å²) in [6.45, 7) is 0.291. The molecule has 2 nitrogen and oxygen atoms in total. The van der Waals surface area contributed by atoms with Crippen LogP contribution < -0.4 is 4.74 Å². The van der Waals surface area contributed by atoms with Crippen molar-refractivity contribution in [2.75, 3.05) is 13.7 Å². The molecule has 2 aliphatic carbocycles. The first-order valence-corrected chi connectivity index (χ1v) is 7.58. The van der Waals surface area contributed by atoms with E-state index in [4.69, 9.17) is 4.74 Å². The molecule has 2 fully saturated rings. The molecular weight excluding hydrogens is 236 g/mol. The number of aliphatic hydroxyl groups is 1. The smallest absolute Gasteiger partial charge is 0.119 e. The number of methoxy groups -OCH3 is 1. The predicted molar refractivity (Wildman–Crippen MR) is 76.8 cm³/mol. The van der Waals surface area contributed by atoms with Gasteiger partial charge in [-0.1, -0.05) is 25.3 Å². The van der Waals surface area contributed by atoms with Crippen LogP contribution in [0.4, 0.5) is 0 Å². The first kappa shape index (κ1) is 13.0. The van der Waals surface area contributed by atoms with Crippen molar-refractivity contribution in [3.8, 4) is 5.75 Å². The van der Waals surface area contributed by atoms with E-state index in [-0.39, 0.29) is 5.41 Å². The Balaban J connectivity index is 1.98. The minimum atomic E-state index is 0.0685. The van der Waals surface area contributed by atoms with Gasteiger partial charge >= 0.3 is 0 Å². The Bertz CT molecular complexity index is 443. The highest BCUT2D eigenvalue weighted by molar-refractivity contribution is 5.45. The first-order chi connectivity index (χ1) is 9.29. The molecule has 2 saturated carbocycles. The molecule has 0 radical (unpaired) electrons. The molecule has 0 spiro atoms. The van der Waals surface area contributed by atoms with Gasteiger partial charge in [0.15, 0.2) is 0 Å². The molecule has 0 aliphatic heterocycles. The minimum absolute atomic E-state index is 0.0685. The number of rotatable bonds is 4. The van der Waals surface area contributed by atoms with Crippen molar-refractivity contribution in [2.24, 2.45) is 0 Å². The van der Waals surface area contributed by atoms with Gasteiger partial charge in [-0.25, -0.2) is 0 Å². The Morgan fingerprint density at radius 3 is 2.53 bits per heavy atom. The molecule has 2 heteroatoms. The second kappa shape index (κ2) is 5.16. The summed E-state index contributed by atoms with van der Waals surface area (Å²) in [6, 6.07) is 6.48. The van der Waals surface area contributed by atoms with Gasteiger partial charge in [-0.05, 0) is 54.9 Å². The van der Waals surface area contributed by atoms with Crippen LogP contribution in [0.5, 0.6) is 5.75 Å². The molecule has 0 unspecified atom stereocenters. The third-order valence-corrected chi connectivity index (χ3v) is 5.03. The molecule has 0 saturated heterocycles. The molecular formula is C17H24O2. The van der Waals surface area contributed by atoms with E-state index in [9.17, 15) is 5.11 Å². The van der Waals surface area contributed by atoms with Crippen LogP contribution in [0.2, 0.25) is 0 Å². The van der Waals surface area contributed by atoms with Gasteiger partial charge < -0.3 is 9.84 Å². The molecule has 3 rings (SSSR count). The van der Waals surface area contributed by atoms with Crippen molar-refractivity contribution in [3.05, 3.63) is 29.3 Å². The summed E-state index contributed by atoms with van der Waals surface area (Å²) >= 11 is 0. The lowest BCUT2D eigenvalue weighted by molar-refractivity contribution is 0.253. The van der Waals surface area contributed by atoms with Crippen LogP contribution in [0.25, 0.3) is 0 Å². The van der Waals surface area contributed by atoms with Gasteiger partial charge in [0.25, 0.3) is 0 Å². The van der Waals surface area contributed by atoms with Gasteiger partial charge in [0, 0.05) is 5.41 Å². The third kappa shape index (κ3) is 2.38. The zero-order chi connectivity index (χ0) is 13.3. The fourth-order valence-electron chi connectivity index (χ4n) is 3.57. The van der Waals surface area contributed by atoms with E-state index < -0.39 is 0 Å². The van der Waals surface area contributed by atoms with Crippen LogP contribution in [0.15, 0.2) is 18.2 Å². The maximum absolute atomic E-state index is 9.73. The highest BCUT2D eigenvalue weighted by Gasteiger charge is 2.45. The summed E-state index contributed by atoms with van der Waals surface area (Å²) in [6.07, 6.45) is 8.91. The lowest BCUT2D eigenvalue weighted by atomic mass is 9.78. The summed E-state index contributed by atoms with van der Waals surface area (Å²) in [7, 11) is 1.73. The molecule has 0 aromatic heterocycles. The first-order valence-electron chi connectivity index (χ1n) is 7.58. The quantitative estimate of drug-likeness (QED) is 0.893. The average molecular weight is 260 g/mol. The van der Waals surface area contributed by atoms with Crippen molar-refractivity contribution < 1.29 is 9.84 Å². The molecule has 1 aromatic rings. The van der Waals surface area contributed by atoms with Gasteiger partial charge in [-0.2, -0.15) is 0 Å². The van der Waals surface area contributed by atoms with Crippen molar-refractivity contribution in [3.63, 3.8) is 0 Å². The second-order valence-electron chi connectivity index (χ2n) is 6.23. The number of ether oxygens (including phenoxy) is 1. The van der Waals surface area contributed by atoms with Crippen LogP contribution in [-0.4, -0.2) is 18.8 Å². The molecule has 0 atom stereocenters. The number of hydrogen-bond acceptors (Lipinski definition) is 2. The van der Waals surface area contributed by atoms with Crippen molar-refractivity contribution in [1.29, 1.82) is 0 Å². The Hall–Kier alpha value is -1.02. The number of benzene rings is 1. The minimum Gasteiger partial charge on any atom is -0.497 e. The van der Waals surface area contributed by atoms with Crippen LogP contribution in [0.1, 0.15) is 62.0 Å². The third-order valence-electron chi connectivity index (χ3n) is 5.03. The van der Waals surface area contributed by atoms with Gasteiger partial charge in [0.1, 0.15) is 5.75 Å². The molecule has 1 aromatic carbocycles. The maximum atomic E-state index is 9.73. The Morgan fingerprint density at radius 2 is 1.95 bits per heavy atom. The van der Waals surface area contributed by atoms with Crippen LogP contribution in [0, 0.1) is 0 Å².